The Hall–Kier alpha value is -1.88. The van der Waals surface area contributed by atoms with E-state index in [4.69, 9.17) is 11.6 Å². The molecule has 5 rings (SSSR count). The fraction of sp³-hybridized carbons (Fsp3) is 0.679. The topological polar surface area (TPSA) is 62.3 Å². The average Bonchev–Trinajstić information content (AvgIpc) is 3.13. The van der Waals surface area contributed by atoms with Gasteiger partial charge < -0.3 is 10.2 Å². The fourth-order valence-corrected chi connectivity index (χ4v) is 8.81. The molecule has 3 aliphatic carbocycles. The summed E-state index contributed by atoms with van der Waals surface area (Å²) in [6.07, 6.45) is 8.39. The Labute approximate surface area is 208 Å². The second kappa shape index (κ2) is 8.65. The van der Waals surface area contributed by atoms with Crippen LogP contribution in [-0.2, 0) is 16.0 Å². The van der Waals surface area contributed by atoms with Crippen LogP contribution in [0, 0.1) is 34.5 Å². The van der Waals surface area contributed by atoms with Crippen molar-refractivity contribution in [2.24, 2.45) is 34.5 Å². The summed E-state index contributed by atoms with van der Waals surface area (Å²) in [7, 11) is 1.90. The number of likely N-dealkylation sites (tertiary alicyclic amines) is 1. The zero-order valence-electron chi connectivity index (χ0n) is 21.0. The van der Waals surface area contributed by atoms with Crippen molar-refractivity contribution in [3.63, 3.8) is 0 Å². The molecule has 1 saturated heterocycles. The highest BCUT2D eigenvalue weighted by Gasteiger charge is 2.60. The number of aromatic nitrogens is 1. The highest BCUT2D eigenvalue weighted by molar-refractivity contribution is 6.30. The first-order valence-corrected chi connectivity index (χ1v) is 13.5. The van der Waals surface area contributed by atoms with E-state index in [1.54, 1.807) is 0 Å². The minimum Gasteiger partial charge on any atom is -0.318 e. The highest BCUT2D eigenvalue weighted by atomic mass is 35.5. The van der Waals surface area contributed by atoms with E-state index in [0.29, 0.717) is 42.3 Å². The quantitative estimate of drug-likeness (QED) is 0.559. The second-order valence-corrected chi connectivity index (χ2v) is 12.1. The maximum Gasteiger partial charge on any atom is 0.226 e. The van der Waals surface area contributed by atoms with Gasteiger partial charge in [0.2, 0.25) is 11.8 Å². The summed E-state index contributed by atoms with van der Waals surface area (Å²) in [6, 6.07) is 5.83. The number of piperidine rings is 1. The van der Waals surface area contributed by atoms with Crippen LogP contribution in [0.25, 0.3) is 0 Å². The number of amides is 2. The SMILES string of the molecule is CCc1cccc(NC(=O)C[C@H]2CC[C@H]3C4CC(Cl)=C5N(C)C(=O)CC[C@]5(C)C4CC[C@]23C)n1. The first-order valence-electron chi connectivity index (χ1n) is 13.1. The number of fused-ring (bicyclic) bond motifs is 5. The maximum atomic E-state index is 13.0. The molecule has 1 aromatic rings. The van der Waals surface area contributed by atoms with Crippen LogP contribution < -0.4 is 5.32 Å². The Balaban J connectivity index is 1.34. The molecule has 184 valence electrons. The summed E-state index contributed by atoms with van der Waals surface area (Å²) >= 11 is 6.95. The summed E-state index contributed by atoms with van der Waals surface area (Å²) in [5.41, 5.74) is 2.23. The minimum absolute atomic E-state index is 0.0184. The van der Waals surface area contributed by atoms with Crippen molar-refractivity contribution < 1.29 is 9.59 Å². The smallest absolute Gasteiger partial charge is 0.226 e. The van der Waals surface area contributed by atoms with Gasteiger partial charge in [0, 0.05) is 41.7 Å². The third-order valence-corrected chi connectivity index (χ3v) is 10.4. The van der Waals surface area contributed by atoms with E-state index < -0.39 is 0 Å². The van der Waals surface area contributed by atoms with Crippen LogP contribution >= 0.6 is 11.6 Å². The van der Waals surface area contributed by atoms with Gasteiger partial charge in [0.15, 0.2) is 0 Å². The van der Waals surface area contributed by atoms with Gasteiger partial charge in [0.1, 0.15) is 5.82 Å². The molecule has 6 atom stereocenters. The molecule has 0 spiro atoms. The van der Waals surface area contributed by atoms with Gasteiger partial charge in [-0.1, -0.05) is 38.4 Å². The van der Waals surface area contributed by atoms with Crippen LogP contribution in [0.3, 0.4) is 0 Å². The molecule has 34 heavy (non-hydrogen) atoms. The lowest BCUT2D eigenvalue weighted by atomic mass is 9.49. The molecule has 4 aliphatic rings. The Kier molecular flexibility index (Phi) is 6.07. The summed E-state index contributed by atoms with van der Waals surface area (Å²) in [4.78, 5) is 31.8. The van der Waals surface area contributed by atoms with Gasteiger partial charge in [0.25, 0.3) is 0 Å². The predicted octanol–water partition coefficient (Wildman–Crippen LogP) is 6.14. The number of nitrogens with zero attached hydrogens (tertiary/aromatic N) is 2. The molecular formula is C28H38ClN3O2. The van der Waals surface area contributed by atoms with Crippen LogP contribution in [0.5, 0.6) is 0 Å². The van der Waals surface area contributed by atoms with Gasteiger partial charge in [0.05, 0.1) is 0 Å². The normalized spacial score (nSPS) is 37.2. The van der Waals surface area contributed by atoms with Gasteiger partial charge in [-0.05, 0) is 86.2 Å². The molecule has 2 amide bonds. The Morgan fingerprint density at radius 2 is 2.00 bits per heavy atom. The standard InChI is InChI=1S/C28H38ClN3O2/c1-5-18-7-6-8-23(30-18)31-24(33)15-17-9-10-20-19-16-22(29)26-28(3,14-12-25(34)32(26)4)21(19)11-13-27(17,20)2/h6-8,17,19-21H,5,9-16H2,1-4H3,(H,30,31,33)/t17-,19?,20+,21?,27-,28-/m1/s1. The first kappa shape index (κ1) is 23.8. The lowest BCUT2D eigenvalue weighted by Crippen LogP contribution is -2.54. The third-order valence-electron chi connectivity index (χ3n) is 10.1. The summed E-state index contributed by atoms with van der Waals surface area (Å²) in [6.45, 7) is 6.86. The van der Waals surface area contributed by atoms with Crippen molar-refractivity contribution in [2.75, 3.05) is 12.4 Å². The van der Waals surface area contributed by atoms with Crippen LogP contribution in [0.15, 0.2) is 28.9 Å². The number of hydrogen-bond donors (Lipinski definition) is 1. The average molecular weight is 484 g/mol. The lowest BCUT2D eigenvalue weighted by molar-refractivity contribution is -0.136. The molecular weight excluding hydrogens is 446 g/mol. The highest BCUT2D eigenvalue weighted by Crippen LogP contribution is 2.67. The van der Waals surface area contributed by atoms with E-state index in [-0.39, 0.29) is 22.6 Å². The summed E-state index contributed by atoms with van der Waals surface area (Å²) in [5.74, 6) is 3.01. The Morgan fingerprint density at radius 1 is 1.21 bits per heavy atom. The maximum absolute atomic E-state index is 13.0. The molecule has 3 fully saturated rings. The Bertz CT molecular complexity index is 1040. The van der Waals surface area contributed by atoms with Crippen molar-refractivity contribution in [2.45, 2.75) is 78.6 Å². The molecule has 2 saturated carbocycles. The van der Waals surface area contributed by atoms with Gasteiger partial charge in [-0.15, -0.1) is 0 Å². The zero-order chi connectivity index (χ0) is 24.3. The monoisotopic (exact) mass is 483 g/mol. The second-order valence-electron chi connectivity index (χ2n) is 11.6. The van der Waals surface area contributed by atoms with Crippen molar-refractivity contribution in [1.29, 1.82) is 0 Å². The molecule has 2 unspecified atom stereocenters. The number of rotatable bonds is 4. The fourth-order valence-electron chi connectivity index (χ4n) is 8.29. The molecule has 0 bridgehead atoms. The van der Waals surface area contributed by atoms with Crippen molar-refractivity contribution in [3.05, 3.63) is 34.6 Å². The molecule has 1 aliphatic heterocycles. The van der Waals surface area contributed by atoms with E-state index in [2.05, 4.69) is 31.1 Å². The number of carbonyl (C=O) groups is 2. The number of nitrogens with one attached hydrogen (secondary N) is 1. The molecule has 6 heteroatoms. The van der Waals surface area contributed by atoms with E-state index in [9.17, 15) is 9.59 Å². The van der Waals surface area contributed by atoms with Crippen LogP contribution in [0.1, 0.15) is 77.8 Å². The molecule has 1 N–H and O–H groups in total. The van der Waals surface area contributed by atoms with E-state index in [1.165, 1.54) is 6.42 Å². The number of pyridine rings is 1. The molecule has 0 radical (unpaired) electrons. The van der Waals surface area contributed by atoms with E-state index in [0.717, 1.165) is 54.9 Å². The van der Waals surface area contributed by atoms with Gasteiger partial charge in [-0.3, -0.25) is 9.59 Å². The minimum atomic E-state index is -0.0184. The van der Waals surface area contributed by atoms with Crippen molar-refractivity contribution in [3.8, 4) is 0 Å². The van der Waals surface area contributed by atoms with Crippen LogP contribution in [-0.4, -0.2) is 28.7 Å². The number of halogens is 1. The van der Waals surface area contributed by atoms with E-state index in [1.807, 2.05) is 30.1 Å². The number of anilines is 1. The zero-order valence-corrected chi connectivity index (χ0v) is 21.8. The molecule has 0 aromatic carbocycles. The number of carbonyl (C=O) groups excluding carboxylic acids is 2. The number of aryl methyl sites for hydroxylation is 1. The summed E-state index contributed by atoms with van der Waals surface area (Å²) in [5, 5.41) is 3.95. The van der Waals surface area contributed by atoms with Crippen LogP contribution in [0.4, 0.5) is 5.82 Å². The van der Waals surface area contributed by atoms with Gasteiger partial charge in [-0.25, -0.2) is 4.98 Å². The molecule has 1 aromatic heterocycles. The lowest BCUT2D eigenvalue weighted by Gasteiger charge is -2.59. The van der Waals surface area contributed by atoms with Crippen molar-refractivity contribution >= 4 is 29.2 Å². The molecule has 2 heterocycles. The molecule has 5 nitrogen and oxygen atoms in total. The summed E-state index contributed by atoms with van der Waals surface area (Å²) < 4.78 is 0. The first-order chi connectivity index (χ1) is 16.2. The largest absolute Gasteiger partial charge is 0.318 e. The number of allylic oxidation sites excluding steroid dienone is 2. The van der Waals surface area contributed by atoms with Gasteiger partial charge in [-0.2, -0.15) is 0 Å². The predicted molar refractivity (Wildman–Crippen MR) is 135 cm³/mol. The third kappa shape index (κ3) is 3.70. The van der Waals surface area contributed by atoms with Gasteiger partial charge >= 0.3 is 0 Å². The van der Waals surface area contributed by atoms with Crippen LogP contribution in [0.2, 0.25) is 0 Å². The number of hydrogen-bond acceptors (Lipinski definition) is 3. The van der Waals surface area contributed by atoms with Crippen molar-refractivity contribution in [1.82, 2.24) is 9.88 Å². The Morgan fingerprint density at radius 3 is 2.76 bits per heavy atom. The van der Waals surface area contributed by atoms with E-state index >= 15 is 0 Å².